The predicted molar refractivity (Wildman–Crippen MR) is 47.8 cm³/mol. The molecule has 0 aliphatic rings. The van der Waals surface area contributed by atoms with Crippen LogP contribution < -0.4 is 5.73 Å². The van der Waals surface area contributed by atoms with Gasteiger partial charge >= 0.3 is 0 Å². The third-order valence-electron chi connectivity index (χ3n) is 1.89. The number of aryl methyl sites for hydroxylation is 2. The van der Waals surface area contributed by atoms with E-state index in [1.165, 1.54) is 0 Å². The molecule has 1 unspecified atom stereocenters. The van der Waals surface area contributed by atoms with Crippen LogP contribution in [0.15, 0.2) is 0 Å². The van der Waals surface area contributed by atoms with Crippen LogP contribution in [0.3, 0.4) is 0 Å². The number of aromatic nitrogens is 3. The zero-order chi connectivity index (χ0) is 9.14. The highest BCUT2D eigenvalue weighted by molar-refractivity contribution is 4.88. The first-order valence-electron chi connectivity index (χ1n) is 4.27. The molecule has 0 bridgehead atoms. The highest BCUT2D eigenvalue weighted by atomic mass is 15.3. The summed E-state index contributed by atoms with van der Waals surface area (Å²) in [5.74, 6) is 1.76. The largest absolute Gasteiger partial charge is 0.326 e. The van der Waals surface area contributed by atoms with Gasteiger partial charge in [0.05, 0.1) is 6.54 Å². The Hall–Kier alpha value is -0.900. The lowest BCUT2D eigenvalue weighted by atomic mass is 10.2. The van der Waals surface area contributed by atoms with Gasteiger partial charge < -0.3 is 5.73 Å². The Kier molecular flexibility index (Phi) is 2.81. The normalized spacial score (nSPS) is 13.3. The molecule has 0 amide bonds. The molecule has 0 spiro atoms. The van der Waals surface area contributed by atoms with E-state index in [0.717, 1.165) is 24.6 Å². The molecule has 2 N–H and O–H groups in total. The third kappa shape index (κ3) is 2.04. The number of nitrogens with two attached hydrogens (primary N) is 1. The molecule has 1 aromatic heterocycles. The van der Waals surface area contributed by atoms with Gasteiger partial charge in [-0.25, -0.2) is 9.67 Å². The Labute approximate surface area is 72.8 Å². The lowest BCUT2D eigenvalue weighted by Crippen LogP contribution is -2.26. The second-order valence-corrected chi connectivity index (χ2v) is 3.06. The fourth-order valence-corrected chi connectivity index (χ4v) is 1.09. The molecule has 1 atom stereocenters. The van der Waals surface area contributed by atoms with Gasteiger partial charge in [-0.2, -0.15) is 5.10 Å². The Morgan fingerprint density at radius 3 is 2.58 bits per heavy atom. The number of hydrogen-bond donors (Lipinski definition) is 1. The van der Waals surface area contributed by atoms with Crippen molar-refractivity contribution in [2.45, 2.75) is 39.8 Å². The second kappa shape index (κ2) is 3.67. The molecular weight excluding hydrogens is 152 g/mol. The number of rotatable bonds is 3. The first-order valence-corrected chi connectivity index (χ1v) is 4.27. The summed E-state index contributed by atoms with van der Waals surface area (Å²) in [6, 6.07) is 0.185. The Balaban J connectivity index is 2.68. The van der Waals surface area contributed by atoms with E-state index in [4.69, 9.17) is 5.73 Å². The summed E-state index contributed by atoms with van der Waals surface area (Å²) in [7, 11) is 0. The smallest absolute Gasteiger partial charge is 0.147 e. The topological polar surface area (TPSA) is 56.7 Å². The van der Waals surface area contributed by atoms with Gasteiger partial charge in [0, 0.05) is 6.04 Å². The second-order valence-electron chi connectivity index (χ2n) is 3.06. The van der Waals surface area contributed by atoms with Crippen LogP contribution in [0.1, 0.15) is 25.0 Å². The molecule has 1 rings (SSSR count). The Morgan fingerprint density at radius 1 is 1.50 bits per heavy atom. The number of nitrogens with zero attached hydrogens (tertiary/aromatic N) is 3. The van der Waals surface area contributed by atoms with Gasteiger partial charge in [-0.1, -0.05) is 6.92 Å². The van der Waals surface area contributed by atoms with Crippen molar-refractivity contribution in [3.8, 4) is 0 Å². The van der Waals surface area contributed by atoms with Crippen LogP contribution in [0.2, 0.25) is 0 Å². The summed E-state index contributed by atoms with van der Waals surface area (Å²) in [6.45, 7) is 6.68. The summed E-state index contributed by atoms with van der Waals surface area (Å²) in [5.41, 5.74) is 5.79. The molecule has 1 aromatic rings. The SMILES string of the molecule is CCC(N)Cn1nc(C)nc1C. The highest BCUT2D eigenvalue weighted by Crippen LogP contribution is 1.98. The number of hydrogen-bond acceptors (Lipinski definition) is 3. The summed E-state index contributed by atoms with van der Waals surface area (Å²) in [5, 5.41) is 4.22. The fourth-order valence-electron chi connectivity index (χ4n) is 1.09. The van der Waals surface area contributed by atoms with E-state index in [1.807, 2.05) is 18.5 Å². The minimum absolute atomic E-state index is 0.185. The first kappa shape index (κ1) is 9.19. The average Bonchev–Trinajstić information content (AvgIpc) is 2.30. The molecule has 0 fully saturated rings. The maximum Gasteiger partial charge on any atom is 0.147 e. The van der Waals surface area contributed by atoms with Crippen LogP contribution in [0.4, 0.5) is 0 Å². The molecule has 4 heteroatoms. The fraction of sp³-hybridized carbons (Fsp3) is 0.750. The van der Waals surface area contributed by atoms with Crippen molar-refractivity contribution in [3.05, 3.63) is 11.6 Å². The lowest BCUT2D eigenvalue weighted by Gasteiger charge is -2.08. The zero-order valence-corrected chi connectivity index (χ0v) is 7.91. The molecule has 0 aromatic carbocycles. The summed E-state index contributed by atoms with van der Waals surface area (Å²) < 4.78 is 1.86. The minimum Gasteiger partial charge on any atom is -0.326 e. The van der Waals surface area contributed by atoms with Crippen molar-refractivity contribution in [1.82, 2.24) is 14.8 Å². The molecule has 0 radical (unpaired) electrons. The zero-order valence-electron chi connectivity index (χ0n) is 7.91. The van der Waals surface area contributed by atoms with Gasteiger partial charge in [0.15, 0.2) is 0 Å². The third-order valence-corrected chi connectivity index (χ3v) is 1.89. The molecule has 0 aliphatic carbocycles. The quantitative estimate of drug-likeness (QED) is 0.720. The van der Waals surface area contributed by atoms with Gasteiger partial charge in [-0.3, -0.25) is 0 Å². The van der Waals surface area contributed by atoms with Gasteiger partial charge in [0.2, 0.25) is 0 Å². The predicted octanol–water partition coefficient (Wildman–Crippen LogP) is 0.632. The Bertz CT molecular complexity index is 254. The van der Waals surface area contributed by atoms with E-state index >= 15 is 0 Å². The van der Waals surface area contributed by atoms with Crippen molar-refractivity contribution in [1.29, 1.82) is 0 Å². The van der Waals surface area contributed by atoms with E-state index in [-0.39, 0.29) is 6.04 Å². The van der Waals surface area contributed by atoms with E-state index in [2.05, 4.69) is 17.0 Å². The van der Waals surface area contributed by atoms with Crippen molar-refractivity contribution in [2.75, 3.05) is 0 Å². The molecule has 4 nitrogen and oxygen atoms in total. The average molecular weight is 168 g/mol. The summed E-state index contributed by atoms with van der Waals surface area (Å²) in [6.07, 6.45) is 0.971. The molecule has 0 saturated heterocycles. The molecular formula is C8H16N4. The van der Waals surface area contributed by atoms with Crippen molar-refractivity contribution < 1.29 is 0 Å². The van der Waals surface area contributed by atoms with E-state index < -0.39 is 0 Å². The molecule has 0 aliphatic heterocycles. The summed E-state index contributed by atoms with van der Waals surface area (Å²) >= 11 is 0. The van der Waals surface area contributed by atoms with Gasteiger partial charge in [0.25, 0.3) is 0 Å². The van der Waals surface area contributed by atoms with Crippen LogP contribution in [0, 0.1) is 13.8 Å². The summed E-state index contributed by atoms with van der Waals surface area (Å²) in [4.78, 5) is 4.19. The molecule has 12 heavy (non-hydrogen) atoms. The van der Waals surface area contributed by atoms with Gasteiger partial charge in [0.1, 0.15) is 11.6 Å². The standard InChI is InChI=1S/C8H16N4/c1-4-8(9)5-12-7(3)10-6(2)11-12/h8H,4-5,9H2,1-3H3. The van der Waals surface area contributed by atoms with Gasteiger partial charge in [-0.05, 0) is 20.3 Å². The van der Waals surface area contributed by atoms with Crippen LogP contribution >= 0.6 is 0 Å². The maximum atomic E-state index is 5.79. The molecule has 68 valence electrons. The van der Waals surface area contributed by atoms with Gasteiger partial charge in [-0.15, -0.1) is 0 Å². The minimum atomic E-state index is 0.185. The monoisotopic (exact) mass is 168 g/mol. The van der Waals surface area contributed by atoms with Crippen LogP contribution in [0.5, 0.6) is 0 Å². The van der Waals surface area contributed by atoms with Crippen molar-refractivity contribution >= 4 is 0 Å². The molecule has 1 heterocycles. The van der Waals surface area contributed by atoms with Crippen molar-refractivity contribution in [3.63, 3.8) is 0 Å². The highest BCUT2D eigenvalue weighted by Gasteiger charge is 2.05. The Morgan fingerprint density at radius 2 is 2.17 bits per heavy atom. The van der Waals surface area contributed by atoms with Crippen LogP contribution in [-0.4, -0.2) is 20.8 Å². The lowest BCUT2D eigenvalue weighted by molar-refractivity contribution is 0.488. The van der Waals surface area contributed by atoms with Crippen molar-refractivity contribution in [2.24, 2.45) is 5.73 Å². The first-order chi connectivity index (χ1) is 5.63. The van der Waals surface area contributed by atoms with Crippen LogP contribution in [-0.2, 0) is 6.54 Å². The van der Waals surface area contributed by atoms with E-state index in [1.54, 1.807) is 0 Å². The van der Waals surface area contributed by atoms with E-state index in [9.17, 15) is 0 Å². The maximum absolute atomic E-state index is 5.79. The molecule has 0 saturated carbocycles. The van der Waals surface area contributed by atoms with E-state index in [0.29, 0.717) is 0 Å². The van der Waals surface area contributed by atoms with Crippen LogP contribution in [0.25, 0.3) is 0 Å².